The number of methoxy groups -OCH3 is 1. The number of rotatable bonds is 7. The van der Waals surface area contributed by atoms with Crippen LogP contribution in [0, 0.1) is 0 Å². The third-order valence-corrected chi connectivity index (χ3v) is 10.3. The van der Waals surface area contributed by atoms with Gasteiger partial charge in [-0.25, -0.2) is 0 Å². The average Bonchev–Trinajstić information content (AvgIpc) is 3.10. The number of allylic oxidation sites excluding steroid dienone is 2. The lowest BCUT2D eigenvalue weighted by atomic mass is 9.71. The van der Waals surface area contributed by atoms with Gasteiger partial charge in [0, 0.05) is 33.3 Å². The topological polar surface area (TPSA) is 55.4 Å². The van der Waals surface area contributed by atoms with Crippen LogP contribution in [-0.4, -0.2) is 18.8 Å². The highest BCUT2D eigenvalue weighted by Gasteiger charge is 2.38. The number of carbonyl (C=O) groups is 2. The van der Waals surface area contributed by atoms with E-state index in [0.29, 0.717) is 69.8 Å². The molecular formula is C39H25Cl6NO3. The van der Waals surface area contributed by atoms with Gasteiger partial charge in [-0.15, -0.1) is 0 Å². The van der Waals surface area contributed by atoms with Crippen LogP contribution in [0.1, 0.15) is 44.4 Å². The van der Waals surface area contributed by atoms with Crippen LogP contribution in [0.5, 0.6) is 5.75 Å². The van der Waals surface area contributed by atoms with Gasteiger partial charge in [0.15, 0.2) is 5.78 Å². The van der Waals surface area contributed by atoms with Crippen molar-refractivity contribution in [2.75, 3.05) is 7.11 Å². The standard InChI is InChI=1S/C39H25Cl6NO3/c1-49-28-14-6-22(7-15-28)37-36(25-9-17-31(43)33(45)19-25)35(21-2-10-26(40)11-3-21)34(24-8-16-30(42)32(44)18-24)29(20-46-39(37)48)38(47)23-4-12-27(41)13-5-23/h2-20,34,37H,1H3,(H,46,48)/b29-20+,36-35-. The lowest BCUT2D eigenvalue weighted by molar-refractivity contribution is -0.120. The van der Waals surface area contributed by atoms with Crippen molar-refractivity contribution < 1.29 is 14.3 Å². The smallest absolute Gasteiger partial charge is 0.235 e. The van der Waals surface area contributed by atoms with E-state index in [4.69, 9.17) is 74.3 Å². The molecule has 0 spiro atoms. The minimum Gasteiger partial charge on any atom is -0.497 e. The van der Waals surface area contributed by atoms with Gasteiger partial charge < -0.3 is 10.1 Å². The molecule has 5 aromatic rings. The van der Waals surface area contributed by atoms with Gasteiger partial charge in [-0.05, 0) is 106 Å². The Morgan fingerprint density at radius 2 is 1.12 bits per heavy atom. The summed E-state index contributed by atoms with van der Waals surface area (Å²) in [4.78, 5) is 29.1. The summed E-state index contributed by atoms with van der Waals surface area (Å²) in [5.74, 6) is -1.80. The second-order valence-electron chi connectivity index (χ2n) is 11.2. The van der Waals surface area contributed by atoms with Gasteiger partial charge >= 0.3 is 0 Å². The number of ether oxygens (including phenoxy) is 1. The van der Waals surface area contributed by atoms with Crippen molar-refractivity contribution in [1.82, 2.24) is 5.32 Å². The zero-order valence-corrected chi connectivity index (χ0v) is 30.2. The highest BCUT2D eigenvalue weighted by Crippen LogP contribution is 2.50. The number of Topliss-reactive ketones (excluding diaryl/α,β-unsaturated/α-hetero) is 1. The van der Waals surface area contributed by atoms with Crippen molar-refractivity contribution in [1.29, 1.82) is 0 Å². The van der Waals surface area contributed by atoms with Crippen LogP contribution in [0.3, 0.4) is 0 Å². The lowest BCUT2D eigenvalue weighted by Gasteiger charge is -2.33. The van der Waals surface area contributed by atoms with Gasteiger partial charge in [-0.2, -0.15) is 0 Å². The van der Waals surface area contributed by atoms with Crippen LogP contribution in [0.2, 0.25) is 30.1 Å². The zero-order valence-electron chi connectivity index (χ0n) is 25.6. The number of nitrogens with one attached hydrogen (secondary N) is 1. The van der Waals surface area contributed by atoms with Crippen molar-refractivity contribution in [3.63, 3.8) is 0 Å². The molecule has 1 heterocycles. The normalized spacial score (nSPS) is 18.9. The molecule has 0 radical (unpaired) electrons. The minimum absolute atomic E-state index is 0.268. The van der Waals surface area contributed by atoms with Crippen molar-refractivity contribution in [2.24, 2.45) is 0 Å². The maximum absolute atomic E-state index is 14.6. The average molecular weight is 768 g/mol. The highest BCUT2D eigenvalue weighted by atomic mass is 35.5. The van der Waals surface area contributed by atoms with Gasteiger partial charge in [0.1, 0.15) is 5.75 Å². The first kappa shape index (κ1) is 35.1. The number of halogens is 6. The minimum atomic E-state index is -0.900. The van der Waals surface area contributed by atoms with E-state index in [0.717, 1.165) is 0 Å². The van der Waals surface area contributed by atoms with Crippen LogP contribution < -0.4 is 10.1 Å². The summed E-state index contributed by atoms with van der Waals surface area (Å²) < 4.78 is 5.42. The lowest BCUT2D eigenvalue weighted by Crippen LogP contribution is -2.31. The Morgan fingerprint density at radius 1 is 0.592 bits per heavy atom. The molecule has 1 amide bonds. The Kier molecular flexibility index (Phi) is 10.8. The van der Waals surface area contributed by atoms with Crippen molar-refractivity contribution in [3.8, 4) is 5.75 Å². The maximum atomic E-state index is 14.6. The Balaban J connectivity index is 1.77. The number of benzene rings is 5. The first-order chi connectivity index (χ1) is 23.5. The summed E-state index contributed by atoms with van der Waals surface area (Å²) in [5, 5.41) is 5.21. The number of carbonyl (C=O) groups excluding carboxylic acids is 2. The van der Waals surface area contributed by atoms with Crippen LogP contribution in [0.15, 0.2) is 121 Å². The van der Waals surface area contributed by atoms with E-state index in [-0.39, 0.29) is 22.3 Å². The van der Waals surface area contributed by atoms with E-state index < -0.39 is 11.8 Å². The molecule has 1 aliphatic heterocycles. The van der Waals surface area contributed by atoms with Crippen molar-refractivity contribution >= 4 is 92.4 Å². The molecule has 1 aliphatic rings. The van der Waals surface area contributed by atoms with E-state index in [1.54, 1.807) is 86.0 Å². The molecule has 4 nitrogen and oxygen atoms in total. The molecule has 10 heteroatoms. The summed E-state index contributed by atoms with van der Waals surface area (Å²) in [5.41, 5.74) is 4.48. The van der Waals surface area contributed by atoms with E-state index >= 15 is 0 Å². The molecule has 0 aliphatic carbocycles. The third-order valence-electron chi connectivity index (χ3n) is 8.29. The quantitative estimate of drug-likeness (QED) is 0.168. The summed E-state index contributed by atoms with van der Waals surface area (Å²) >= 11 is 38.7. The van der Waals surface area contributed by atoms with Gasteiger partial charge in [0.05, 0.1) is 33.1 Å². The molecule has 2 atom stereocenters. The molecule has 246 valence electrons. The Morgan fingerprint density at radius 3 is 1.71 bits per heavy atom. The molecule has 0 saturated heterocycles. The Labute approximate surface area is 313 Å². The number of hydrogen-bond donors (Lipinski definition) is 1. The first-order valence-corrected chi connectivity index (χ1v) is 17.2. The Bertz CT molecular complexity index is 2120. The fraction of sp³-hybridized carbons (Fsp3) is 0.0769. The number of ketones is 1. The molecule has 2 unspecified atom stereocenters. The van der Waals surface area contributed by atoms with Crippen LogP contribution in [0.25, 0.3) is 11.1 Å². The molecule has 0 aromatic heterocycles. The predicted octanol–water partition coefficient (Wildman–Crippen LogP) is 12.0. The summed E-state index contributed by atoms with van der Waals surface area (Å²) in [6.45, 7) is 0. The summed E-state index contributed by atoms with van der Waals surface area (Å²) in [7, 11) is 1.57. The fourth-order valence-corrected chi connectivity index (χ4v) is 6.82. The fourth-order valence-electron chi connectivity index (χ4n) is 5.97. The van der Waals surface area contributed by atoms with E-state index in [9.17, 15) is 9.59 Å². The maximum Gasteiger partial charge on any atom is 0.235 e. The van der Waals surface area contributed by atoms with Gasteiger partial charge in [-0.3, -0.25) is 9.59 Å². The van der Waals surface area contributed by atoms with E-state index in [2.05, 4.69) is 5.32 Å². The van der Waals surface area contributed by atoms with Crippen LogP contribution in [-0.2, 0) is 4.79 Å². The first-order valence-electron chi connectivity index (χ1n) is 14.9. The number of hydrogen-bond acceptors (Lipinski definition) is 3. The van der Waals surface area contributed by atoms with Crippen molar-refractivity contribution in [2.45, 2.75) is 11.8 Å². The second kappa shape index (κ2) is 15.0. The van der Waals surface area contributed by atoms with E-state index in [1.807, 2.05) is 30.3 Å². The predicted molar refractivity (Wildman–Crippen MR) is 202 cm³/mol. The second-order valence-corrected chi connectivity index (χ2v) is 13.7. The van der Waals surface area contributed by atoms with Crippen LogP contribution in [0.4, 0.5) is 0 Å². The molecule has 1 N–H and O–H groups in total. The molecule has 49 heavy (non-hydrogen) atoms. The molecule has 0 saturated carbocycles. The third kappa shape index (κ3) is 7.41. The molecule has 0 fully saturated rings. The zero-order chi connectivity index (χ0) is 34.8. The molecule has 5 aromatic carbocycles. The van der Waals surface area contributed by atoms with Crippen LogP contribution >= 0.6 is 69.6 Å². The SMILES string of the molecule is COc1ccc(C2C(=O)N/C=C(/C(=O)c3ccc(Cl)cc3)C(c3ccc(Cl)c(Cl)c3)/C(c3ccc(Cl)cc3)=C\2c2ccc(Cl)c(Cl)c2)cc1. The Hall–Kier alpha value is -3.74. The highest BCUT2D eigenvalue weighted by molar-refractivity contribution is 6.42. The molecule has 6 rings (SSSR count). The van der Waals surface area contributed by atoms with Gasteiger partial charge in [0.2, 0.25) is 5.91 Å². The van der Waals surface area contributed by atoms with Crippen molar-refractivity contribution in [3.05, 3.63) is 179 Å². The van der Waals surface area contributed by atoms with E-state index in [1.165, 1.54) is 6.20 Å². The largest absolute Gasteiger partial charge is 0.497 e. The number of amides is 1. The summed E-state index contributed by atoms with van der Waals surface area (Å²) in [6.07, 6.45) is 1.48. The monoisotopic (exact) mass is 765 g/mol. The molecular weight excluding hydrogens is 743 g/mol. The summed E-state index contributed by atoms with van der Waals surface area (Å²) in [6, 6.07) is 31.5. The van der Waals surface area contributed by atoms with Gasteiger partial charge in [-0.1, -0.05) is 106 Å². The van der Waals surface area contributed by atoms with Gasteiger partial charge in [0.25, 0.3) is 0 Å². The molecule has 0 bridgehead atoms.